The Morgan fingerprint density at radius 2 is 2.07 bits per heavy atom. The first-order valence-corrected chi connectivity index (χ1v) is 10.3. The first-order chi connectivity index (χ1) is 14.0. The summed E-state index contributed by atoms with van der Waals surface area (Å²) in [6.45, 7) is 0.332. The summed E-state index contributed by atoms with van der Waals surface area (Å²) in [6.07, 6.45) is 2.94. The SMILES string of the molecule is Fc1ccc(C2(Cn3cncn3)COC(c3cc4ccc(Br)cc4s3)=N2)c(F)c1. The molecule has 0 N–H and O–H groups in total. The smallest absolute Gasteiger partial charge is 0.227 e. The number of benzene rings is 2. The van der Waals surface area contributed by atoms with Gasteiger partial charge in [-0.3, -0.25) is 4.68 Å². The molecule has 5 rings (SSSR count). The van der Waals surface area contributed by atoms with Gasteiger partial charge in [-0.25, -0.2) is 18.8 Å². The summed E-state index contributed by atoms with van der Waals surface area (Å²) in [6, 6.07) is 11.5. The lowest BCUT2D eigenvalue weighted by atomic mass is 9.91. The van der Waals surface area contributed by atoms with Crippen molar-refractivity contribution in [2.24, 2.45) is 4.99 Å². The van der Waals surface area contributed by atoms with Gasteiger partial charge in [-0.05, 0) is 29.7 Å². The molecule has 146 valence electrons. The summed E-state index contributed by atoms with van der Waals surface area (Å²) < 4.78 is 37.8. The number of thiophene rings is 1. The molecule has 5 nitrogen and oxygen atoms in total. The Balaban J connectivity index is 1.62. The minimum Gasteiger partial charge on any atom is -0.474 e. The molecule has 2 aromatic carbocycles. The molecule has 0 radical (unpaired) electrons. The van der Waals surface area contributed by atoms with E-state index in [9.17, 15) is 8.78 Å². The Morgan fingerprint density at radius 3 is 2.86 bits per heavy atom. The highest BCUT2D eigenvalue weighted by Gasteiger charge is 2.42. The molecule has 29 heavy (non-hydrogen) atoms. The van der Waals surface area contributed by atoms with E-state index in [-0.39, 0.29) is 18.7 Å². The van der Waals surface area contributed by atoms with Gasteiger partial charge in [-0.1, -0.05) is 28.1 Å². The van der Waals surface area contributed by atoms with Crippen LogP contribution < -0.4 is 0 Å². The van der Waals surface area contributed by atoms with Crippen molar-refractivity contribution in [3.8, 4) is 0 Å². The van der Waals surface area contributed by atoms with Crippen LogP contribution in [0.3, 0.4) is 0 Å². The first-order valence-electron chi connectivity index (χ1n) is 8.72. The second kappa shape index (κ2) is 7.00. The van der Waals surface area contributed by atoms with Gasteiger partial charge in [0.1, 0.15) is 36.4 Å². The summed E-state index contributed by atoms with van der Waals surface area (Å²) in [5.74, 6) is -0.870. The zero-order chi connectivity index (χ0) is 20.0. The van der Waals surface area contributed by atoms with Crippen molar-refractivity contribution in [3.05, 3.63) is 81.7 Å². The van der Waals surface area contributed by atoms with E-state index >= 15 is 0 Å². The van der Waals surface area contributed by atoms with E-state index in [0.717, 1.165) is 25.5 Å². The van der Waals surface area contributed by atoms with E-state index < -0.39 is 17.2 Å². The Bertz CT molecular complexity index is 1240. The lowest BCUT2D eigenvalue weighted by molar-refractivity contribution is 0.226. The molecule has 2 aromatic heterocycles. The maximum absolute atomic E-state index is 14.7. The number of rotatable bonds is 4. The molecule has 1 aliphatic heterocycles. The van der Waals surface area contributed by atoms with E-state index in [1.165, 1.54) is 24.8 Å². The lowest BCUT2D eigenvalue weighted by Crippen LogP contribution is -2.32. The molecule has 0 aliphatic carbocycles. The summed E-state index contributed by atoms with van der Waals surface area (Å²) >= 11 is 5.02. The van der Waals surface area contributed by atoms with Crippen molar-refractivity contribution < 1.29 is 13.5 Å². The minimum atomic E-state index is -1.07. The van der Waals surface area contributed by atoms with Crippen LogP contribution >= 0.6 is 27.3 Å². The highest BCUT2D eigenvalue weighted by Crippen LogP contribution is 2.38. The van der Waals surface area contributed by atoms with Crippen LogP contribution in [-0.4, -0.2) is 27.3 Å². The Hall–Kier alpha value is -2.65. The number of aromatic nitrogens is 3. The fourth-order valence-corrected chi connectivity index (χ4v) is 4.99. The van der Waals surface area contributed by atoms with Gasteiger partial charge >= 0.3 is 0 Å². The van der Waals surface area contributed by atoms with Gasteiger partial charge in [-0.15, -0.1) is 11.3 Å². The molecule has 1 unspecified atom stereocenters. The van der Waals surface area contributed by atoms with Crippen LogP contribution in [0.4, 0.5) is 8.78 Å². The predicted molar refractivity (Wildman–Crippen MR) is 110 cm³/mol. The standard InChI is InChI=1S/C20H13BrF2N4OS/c21-13-2-1-12-5-18(29-17(12)6-13)19-26-20(9-28-19,8-27-11-24-10-25-27)15-4-3-14(22)7-16(15)23/h1-7,10-11H,8-9H2. The molecule has 0 spiro atoms. The summed E-state index contributed by atoms with van der Waals surface area (Å²) in [7, 11) is 0. The number of nitrogens with zero attached hydrogens (tertiary/aromatic N) is 4. The van der Waals surface area contributed by atoms with Crippen molar-refractivity contribution in [1.29, 1.82) is 0 Å². The predicted octanol–water partition coefficient (Wildman–Crippen LogP) is 4.91. The lowest BCUT2D eigenvalue weighted by Gasteiger charge is -2.24. The molecule has 4 aromatic rings. The molecular formula is C20H13BrF2N4OS. The van der Waals surface area contributed by atoms with E-state index in [2.05, 4.69) is 26.0 Å². The normalized spacial score (nSPS) is 18.8. The summed E-state index contributed by atoms with van der Waals surface area (Å²) in [5.41, 5.74) is -0.814. The van der Waals surface area contributed by atoms with Crippen LogP contribution in [0.1, 0.15) is 10.4 Å². The van der Waals surface area contributed by atoms with Gasteiger partial charge in [0.25, 0.3) is 0 Å². The number of fused-ring (bicyclic) bond motifs is 1. The van der Waals surface area contributed by atoms with E-state index in [0.29, 0.717) is 5.90 Å². The number of hydrogen-bond acceptors (Lipinski definition) is 5. The van der Waals surface area contributed by atoms with Gasteiger partial charge in [0.05, 0.1) is 11.4 Å². The average molecular weight is 475 g/mol. The van der Waals surface area contributed by atoms with Gasteiger partial charge in [0.2, 0.25) is 5.90 Å². The van der Waals surface area contributed by atoms with Crippen molar-refractivity contribution >= 4 is 43.3 Å². The monoisotopic (exact) mass is 474 g/mol. The van der Waals surface area contributed by atoms with Crippen LogP contribution in [0.15, 0.2) is 64.6 Å². The van der Waals surface area contributed by atoms with Crippen LogP contribution in [0.5, 0.6) is 0 Å². The molecule has 1 atom stereocenters. The van der Waals surface area contributed by atoms with E-state index in [4.69, 9.17) is 9.73 Å². The molecular weight excluding hydrogens is 462 g/mol. The van der Waals surface area contributed by atoms with Gasteiger partial charge in [-0.2, -0.15) is 5.10 Å². The molecule has 0 saturated heterocycles. The zero-order valence-corrected chi connectivity index (χ0v) is 17.3. The third kappa shape index (κ3) is 3.34. The first kappa shape index (κ1) is 18.4. The maximum atomic E-state index is 14.7. The molecule has 0 fully saturated rings. The quantitative estimate of drug-likeness (QED) is 0.422. The van der Waals surface area contributed by atoms with Gasteiger partial charge < -0.3 is 4.74 Å². The fraction of sp³-hybridized carbons (Fsp3) is 0.150. The Labute approximate surface area is 176 Å². The fourth-order valence-electron chi connectivity index (χ4n) is 3.44. The summed E-state index contributed by atoms with van der Waals surface area (Å²) in [5, 5.41) is 5.19. The van der Waals surface area contributed by atoms with Crippen molar-refractivity contribution in [2.45, 2.75) is 12.1 Å². The highest BCUT2D eigenvalue weighted by molar-refractivity contribution is 9.10. The number of ether oxygens (including phenoxy) is 1. The number of halogens is 3. The van der Waals surface area contributed by atoms with Crippen LogP contribution in [0.2, 0.25) is 0 Å². The molecule has 0 amide bonds. The molecule has 0 bridgehead atoms. The highest BCUT2D eigenvalue weighted by atomic mass is 79.9. The largest absolute Gasteiger partial charge is 0.474 e. The van der Waals surface area contributed by atoms with Gasteiger partial charge in [0.15, 0.2) is 0 Å². The Kier molecular flexibility index (Phi) is 4.44. The third-order valence-corrected chi connectivity index (χ3v) is 6.36. The number of hydrogen-bond donors (Lipinski definition) is 0. The van der Waals surface area contributed by atoms with E-state index in [1.54, 1.807) is 16.0 Å². The molecule has 1 aliphatic rings. The minimum absolute atomic E-state index is 0.114. The number of aliphatic imine (C=N–C) groups is 1. The second-order valence-corrected chi connectivity index (χ2v) is 8.75. The van der Waals surface area contributed by atoms with Crippen LogP contribution in [-0.2, 0) is 16.8 Å². The van der Waals surface area contributed by atoms with E-state index in [1.807, 2.05) is 24.3 Å². The van der Waals surface area contributed by atoms with Crippen molar-refractivity contribution in [1.82, 2.24) is 14.8 Å². The average Bonchev–Trinajstić information content (AvgIpc) is 3.41. The third-order valence-electron chi connectivity index (χ3n) is 4.78. The van der Waals surface area contributed by atoms with Crippen molar-refractivity contribution in [3.63, 3.8) is 0 Å². The molecule has 9 heteroatoms. The Morgan fingerprint density at radius 1 is 1.17 bits per heavy atom. The topological polar surface area (TPSA) is 52.3 Å². The van der Waals surface area contributed by atoms with Gasteiger partial charge in [0, 0.05) is 20.8 Å². The van der Waals surface area contributed by atoms with Crippen LogP contribution in [0.25, 0.3) is 10.1 Å². The zero-order valence-electron chi connectivity index (χ0n) is 14.8. The molecule has 3 heterocycles. The second-order valence-electron chi connectivity index (χ2n) is 6.75. The maximum Gasteiger partial charge on any atom is 0.227 e. The molecule has 0 saturated carbocycles. The van der Waals surface area contributed by atoms with Crippen molar-refractivity contribution in [2.75, 3.05) is 6.61 Å². The summed E-state index contributed by atoms with van der Waals surface area (Å²) in [4.78, 5) is 9.58. The van der Waals surface area contributed by atoms with Crippen LogP contribution in [0, 0.1) is 11.6 Å².